The number of benzene rings is 2. The summed E-state index contributed by atoms with van der Waals surface area (Å²) < 4.78 is 25.7. The Balaban J connectivity index is 1.80. The molecule has 0 saturated carbocycles. The first-order chi connectivity index (χ1) is 13.1. The van der Waals surface area contributed by atoms with E-state index < -0.39 is 27.3 Å². The van der Waals surface area contributed by atoms with Crippen molar-refractivity contribution < 1.29 is 18.0 Å². The van der Waals surface area contributed by atoms with Crippen LogP contribution in [0.15, 0.2) is 48.5 Å². The number of hydrogen-bond donors (Lipinski definition) is 1. The molecule has 0 unspecified atom stereocenters. The number of amides is 2. The topological polar surface area (TPSA) is 83.6 Å². The summed E-state index contributed by atoms with van der Waals surface area (Å²) in [5.74, 6) is -1.23. The first-order valence-corrected chi connectivity index (χ1v) is 10.8. The zero-order valence-corrected chi connectivity index (χ0v) is 17.2. The summed E-state index contributed by atoms with van der Waals surface area (Å²) in [4.78, 5) is 25.1. The number of halogens is 1. The summed E-state index contributed by atoms with van der Waals surface area (Å²) in [5, 5.41) is 2.96. The van der Waals surface area contributed by atoms with Crippen LogP contribution in [-0.2, 0) is 21.2 Å². The second-order valence-corrected chi connectivity index (χ2v) is 9.59. The minimum absolute atomic E-state index is 0.119. The van der Waals surface area contributed by atoms with Crippen LogP contribution >= 0.6 is 11.6 Å². The van der Waals surface area contributed by atoms with Crippen LogP contribution in [-0.4, -0.2) is 32.5 Å². The molecule has 1 fully saturated rings. The van der Waals surface area contributed by atoms with Crippen molar-refractivity contribution in [3.05, 3.63) is 64.7 Å². The fraction of sp³-hybridized carbons (Fsp3) is 0.300. The molecule has 6 nitrogen and oxygen atoms in total. The van der Waals surface area contributed by atoms with Crippen LogP contribution in [0, 0.1) is 5.41 Å². The lowest BCUT2D eigenvalue weighted by atomic mass is 9.95. The molecule has 0 radical (unpaired) electrons. The summed E-state index contributed by atoms with van der Waals surface area (Å²) in [6, 6.07) is 13.9. The summed E-state index contributed by atoms with van der Waals surface area (Å²) in [5.41, 5.74) is 0.308. The SMILES string of the molecule is CC1(C)CS(=O)(=O)N(c2ccc(Cl)c(C(=O)NCCc3ccccc3)c2)C1=O. The number of carbonyl (C=O) groups excluding carboxylic acids is 2. The van der Waals surface area contributed by atoms with E-state index in [-0.39, 0.29) is 22.0 Å². The molecule has 0 atom stereocenters. The molecule has 3 rings (SSSR count). The minimum atomic E-state index is -3.80. The Hall–Kier alpha value is -2.38. The molecule has 148 valence electrons. The van der Waals surface area contributed by atoms with Gasteiger partial charge in [-0.2, -0.15) is 0 Å². The van der Waals surface area contributed by atoms with E-state index in [2.05, 4.69) is 5.32 Å². The molecule has 28 heavy (non-hydrogen) atoms. The zero-order chi connectivity index (χ0) is 20.5. The summed E-state index contributed by atoms with van der Waals surface area (Å²) in [6.07, 6.45) is 0.650. The van der Waals surface area contributed by atoms with Crippen molar-refractivity contribution in [2.24, 2.45) is 5.41 Å². The van der Waals surface area contributed by atoms with Gasteiger partial charge in [0.2, 0.25) is 15.9 Å². The molecular formula is C20H21ClN2O4S. The van der Waals surface area contributed by atoms with Gasteiger partial charge in [-0.05, 0) is 44.0 Å². The van der Waals surface area contributed by atoms with Gasteiger partial charge in [-0.3, -0.25) is 9.59 Å². The lowest BCUT2D eigenvalue weighted by Gasteiger charge is -2.18. The highest BCUT2D eigenvalue weighted by Crippen LogP contribution is 2.36. The van der Waals surface area contributed by atoms with Crippen molar-refractivity contribution in [2.45, 2.75) is 20.3 Å². The van der Waals surface area contributed by atoms with E-state index in [1.807, 2.05) is 30.3 Å². The molecule has 8 heteroatoms. The standard InChI is InChI=1S/C20H21ClN2O4S/c1-20(2)13-28(26,27)23(19(20)25)15-8-9-17(21)16(12-15)18(24)22-11-10-14-6-4-3-5-7-14/h3-9,12H,10-11,13H2,1-2H3,(H,22,24). The van der Waals surface area contributed by atoms with Gasteiger partial charge in [0.15, 0.2) is 0 Å². The predicted molar refractivity (Wildman–Crippen MR) is 109 cm³/mol. The fourth-order valence-corrected chi connectivity index (χ4v) is 5.44. The van der Waals surface area contributed by atoms with E-state index in [4.69, 9.17) is 11.6 Å². The molecule has 1 heterocycles. The Bertz CT molecular complexity index is 1020. The van der Waals surface area contributed by atoms with Crippen LogP contribution in [0.2, 0.25) is 5.02 Å². The molecule has 0 spiro atoms. The number of nitrogens with one attached hydrogen (secondary N) is 1. The molecule has 2 aromatic carbocycles. The van der Waals surface area contributed by atoms with Gasteiger partial charge in [-0.25, -0.2) is 12.7 Å². The van der Waals surface area contributed by atoms with Gasteiger partial charge < -0.3 is 5.32 Å². The highest BCUT2D eigenvalue weighted by atomic mass is 35.5. The van der Waals surface area contributed by atoms with E-state index in [1.54, 1.807) is 13.8 Å². The quantitative estimate of drug-likeness (QED) is 0.805. The van der Waals surface area contributed by atoms with Gasteiger partial charge in [0.05, 0.1) is 27.4 Å². The summed E-state index contributed by atoms with van der Waals surface area (Å²) in [7, 11) is -3.80. The second kappa shape index (κ2) is 7.56. The third kappa shape index (κ3) is 4.05. The first kappa shape index (κ1) is 20.4. The summed E-state index contributed by atoms with van der Waals surface area (Å²) >= 11 is 6.14. The van der Waals surface area contributed by atoms with Crippen LogP contribution in [0.4, 0.5) is 5.69 Å². The van der Waals surface area contributed by atoms with E-state index in [9.17, 15) is 18.0 Å². The maximum absolute atomic E-state index is 12.6. The number of carbonyl (C=O) groups is 2. The van der Waals surface area contributed by atoms with Gasteiger partial charge in [0.25, 0.3) is 5.91 Å². The Labute approximate surface area is 169 Å². The van der Waals surface area contributed by atoms with E-state index >= 15 is 0 Å². The number of sulfonamides is 1. The van der Waals surface area contributed by atoms with Crippen molar-refractivity contribution in [1.29, 1.82) is 0 Å². The average Bonchev–Trinajstić information content (AvgIpc) is 2.79. The number of nitrogens with zero attached hydrogens (tertiary/aromatic N) is 1. The molecule has 0 aliphatic carbocycles. The Kier molecular flexibility index (Phi) is 5.50. The van der Waals surface area contributed by atoms with Gasteiger partial charge in [-0.1, -0.05) is 41.9 Å². The first-order valence-electron chi connectivity index (χ1n) is 8.81. The Morgan fingerprint density at radius 2 is 1.86 bits per heavy atom. The van der Waals surface area contributed by atoms with E-state index in [0.29, 0.717) is 13.0 Å². The molecule has 1 saturated heterocycles. The highest BCUT2D eigenvalue weighted by Gasteiger charge is 2.50. The molecule has 1 N–H and O–H groups in total. The van der Waals surface area contributed by atoms with Crippen molar-refractivity contribution >= 4 is 39.1 Å². The predicted octanol–water partition coefficient (Wildman–Crippen LogP) is 3.02. The average molecular weight is 421 g/mol. The van der Waals surface area contributed by atoms with Crippen molar-refractivity contribution in [1.82, 2.24) is 5.32 Å². The molecular weight excluding hydrogens is 400 g/mol. The largest absolute Gasteiger partial charge is 0.352 e. The third-order valence-electron chi connectivity index (χ3n) is 4.56. The number of anilines is 1. The van der Waals surface area contributed by atoms with Crippen molar-refractivity contribution in [3.63, 3.8) is 0 Å². The molecule has 2 amide bonds. The lowest BCUT2D eigenvalue weighted by molar-refractivity contribution is -0.123. The normalized spacial score (nSPS) is 17.5. The van der Waals surface area contributed by atoms with Crippen molar-refractivity contribution in [2.75, 3.05) is 16.6 Å². The molecule has 0 aromatic heterocycles. The van der Waals surface area contributed by atoms with Crippen LogP contribution in [0.1, 0.15) is 29.8 Å². The van der Waals surface area contributed by atoms with Crippen LogP contribution in [0.5, 0.6) is 0 Å². The monoisotopic (exact) mass is 420 g/mol. The second-order valence-electron chi connectivity index (χ2n) is 7.37. The molecule has 0 bridgehead atoms. The number of hydrogen-bond acceptors (Lipinski definition) is 4. The Morgan fingerprint density at radius 1 is 1.18 bits per heavy atom. The smallest absolute Gasteiger partial charge is 0.252 e. The maximum atomic E-state index is 12.6. The molecule has 2 aromatic rings. The van der Waals surface area contributed by atoms with Crippen LogP contribution in [0.3, 0.4) is 0 Å². The van der Waals surface area contributed by atoms with Gasteiger partial charge >= 0.3 is 0 Å². The minimum Gasteiger partial charge on any atom is -0.352 e. The van der Waals surface area contributed by atoms with Crippen molar-refractivity contribution in [3.8, 4) is 0 Å². The Morgan fingerprint density at radius 3 is 2.46 bits per heavy atom. The fourth-order valence-electron chi connectivity index (χ4n) is 3.14. The van der Waals surface area contributed by atoms with Gasteiger partial charge in [-0.15, -0.1) is 0 Å². The maximum Gasteiger partial charge on any atom is 0.252 e. The van der Waals surface area contributed by atoms with Crippen LogP contribution in [0.25, 0.3) is 0 Å². The third-order valence-corrected chi connectivity index (χ3v) is 6.91. The lowest BCUT2D eigenvalue weighted by Crippen LogP contribution is -2.33. The highest BCUT2D eigenvalue weighted by molar-refractivity contribution is 7.94. The van der Waals surface area contributed by atoms with E-state index in [0.717, 1.165) is 9.87 Å². The van der Waals surface area contributed by atoms with Gasteiger partial charge in [0.1, 0.15) is 0 Å². The zero-order valence-electron chi connectivity index (χ0n) is 15.6. The van der Waals surface area contributed by atoms with Crippen LogP contribution < -0.4 is 9.62 Å². The molecule has 1 aliphatic heterocycles. The molecule has 1 aliphatic rings. The number of rotatable bonds is 5. The summed E-state index contributed by atoms with van der Waals surface area (Å²) in [6.45, 7) is 3.57. The van der Waals surface area contributed by atoms with Gasteiger partial charge in [0, 0.05) is 6.54 Å². The van der Waals surface area contributed by atoms with E-state index in [1.165, 1.54) is 18.2 Å².